The minimum Gasteiger partial charge on any atom is -0.486 e. The van der Waals surface area contributed by atoms with E-state index in [1.165, 1.54) is 4.90 Å². The van der Waals surface area contributed by atoms with Gasteiger partial charge in [-0.25, -0.2) is 0 Å². The van der Waals surface area contributed by atoms with Crippen molar-refractivity contribution < 1.29 is 9.53 Å². The molecule has 0 radical (unpaired) electrons. The molecule has 0 N–H and O–H groups in total. The fraction of sp³-hybridized carbons (Fsp3) is 0.188. The number of nitrogens with zero attached hydrogens (tertiary/aromatic N) is 1. The molecule has 5 heteroatoms. The molecular formula is C16H15Cl2NO2. The van der Waals surface area contributed by atoms with E-state index in [0.717, 1.165) is 5.56 Å². The average Bonchev–Trinajstić information content (AvgIpc) is 2.46. The standard InChI is InChI=1S/C16H15Cl2NO2/c1-19(2)16(20)12-8-6-11(7-9-12)10-21-15-13(17)4-3-5-14(15)18/h3-9H,10H2,1-2H3. The minimum absolute atomic E-state index is 0.0309. The normalized spacial score (nSPS) is 10.3. The lowest BCUT2D eigenvalue weighted by molar-refractivity contribution is 0.0827. The first kappa shape index (κ1) is 15.7. The van der Waals surface area contributed by atoms with Crippen LogP contribution < -0.4 is 4.74 Å². The first-order chi connectivity index (χ1) is 9.99. The molecule has 0 aliphatic carbocycles. The van der Waals surface area contributed by atoms with Crippen molar-refractivity contribution in [3.63, 3.8) is 0 Å². The van der Waals surface area contributed by atoms with Crippen LogP contribution in [-0.2, 0) is 6.61 Å². The summed E-state index contributed by atoms with van der Waals surface area (Å²) in [6.45, 7) is 0.333. The molecule has 0 fully saturated rings. The maximum absolute atomic E-state index is 11.8. The van der Waals surface area contributed by atoms with E-state index in [0.29, 0.717) is 28.0 Å². The SMILES string of the molecule is CN(C)C(=O)c1ccc(COc2c(Cl)cccc2Cl)cc1. The molecule has 2 aromatic rings. The molecule has 0 atom stereocenters. The Morgan fingerprint density at radius 2 is 1.62 bits per heavy atom. The van der Waals surface area contributed by atoms with Crippen LogP contribution in [0.25, 0.3) is 0 Å². The van der Waals surface area contributed by atoms with Gasteiger partial charge in [0.05, 0.1) is 10.0 Å². The van der Waals surface area contributed by atoms with Crippen molar-refractivity contribution in [3.05, 3.63) is 63.6 Å². The predicted octanol–water partition coefficient (Wildman–Crippen LogP) is 4.27. The Hall–Kier alpha value is -1.71. The smallest absolute Gasteiger partial charge is 0.253 e. The van der Waals surface area contributed by atoms with E-state index in [9.17, 15) is 4.79 Å². The molecule has 110 valence electrons. The van der Waals surface area contributed by atoms with Gasteiger partial charge in [-0.1, -0.05) is 41.4 Å². The van der Waals surface area contributed by atoms with Crippen molar-refractivity contribution in [2.75, 3.05) is 14.1 Å². The summed E-state index contributed by atoms with van der Waals surface area (Å²) in [6, 6.07) is 12.5. The molecule has 0 unspecified atom stereocenters. The number of hydrogen-bond donors (Lipinski definition) is 0. The zero-order valence-electron chi connectivity index (χ0n) is 11.8. The summed E-state index contributed by atoms with van der Waals surface area (Å²) in [7, 11) is 3.44. The summed E-state index contributed by atoms with van der Waals surface area (Å²) >= 11 is 12.1. The monoisotopic (exact) mass is 323 g/mol. The van der Waals surface area contributed by atoms with E-state index in [2.05, 4.69) is 0 Å². The number of carbonyl (C=O) groups excluding carboxylic acids is 1. The summed E-state index contributed by atoms with van der Waals surface area (Å²) in [6.07, 6.45) is 0. The highest BCUT2D eigenvalue weighted by atomic mass is 35.5. The largest absolute Gasteiger partial charge is 0.486 e. The van der Waals surface area contributed by atoms with E-state index in [1.807, 2.05) is 12.1 Å². The van der Waals surface area contributed by atoms with Gasteiger partial charge >= 0.3 is 0 Å². The zero-order chi connectivity index (χ0) is 15.4. The molecular weight excluding hydrogens is 309 g/mol. The molecule has 0 aromatic heterocycles. The summed E-state index contributed by atoms with van der Waals surface area (Å²) in [4.78, 5) is 13.3. The zero-order valence-corrected chi connectivity index (χ0v) is 13.3. The second-order valence-electron chi connectivity index (χ2n) is 4.74. The first-order valence-electron chi connectivity index (χ1n) is 6.36. The molecule has 0 aliphatic heterocycles. The molecule has 0 aliphatic rings. The maximum atomic E-state index is 11.8. The van der Waals surface area contributed by atoms with E-state index in [1.54, 1.807) is 44.4 Å². The summed E-state index contributed by atoms with van der Waals surface area (Å²) in [5.74, 6) is 0.436. The van der Waals surface area contributed by atoms with Crippen LogP contribution in [0, 0.1) is 0 Å². The van der Waals surface area contributed by atoms with Crippen LogP contribution in [-0.4, -0.2) is 24.9 Å². The lowest BCUT2D eigenvalue weighted by Gasteiger charge is -2.12. The number of ether oxygens (including phenoxy) is 1. The Kier molecular flexibility index (Phi) is 5.10. The summed E-state index contributed by atoms with van der Waals surface area (Å²) in [5, 5.41) is 0.948. The van der Waals surface area contributed by atoms with Crippen LogP contribution in [0.4, 0.5) is 0 Å². The number of para-hydroxylation sites is 1. The van der Waals surface area contributed by atoms with E-state index in [4.69, 9.17) is 27.9 Å². The van der Waals surface area contributed by atoms with Crippen molar-refractivity contribution in [2.45, 2.75) is 6.61 Å². The highest BCUT2D eigenvalue weighted by molar-refractivity contribution is 6.37. The average molecular weight is 324 g/mol. The number of benzene rings is 2. The third-order valence-corrected chi connectivity index (χ3v) is 3.50. The number of hydrogen-bond acceptors (Lipinski definition) is 2. The Morgan fingerprint density at radius 3 is 2.14 bits per heavy atom. The molecule has 0 saturated carbocycles. The Labute approximate surface area is 134 Å². The molecule has 2 aromatic carbocycles. The fourth-order valence-corrected chi connectivity index (χ4v) is 2.28. The van der Waals surface area contributed by atoms with Gasteiger partial charge < -0.3 is 9.64 Å². The van der Waals surface area contributed by atoms with Crippen LogP contribution in [0.3, 0.4) is 0 Å². The van der Waals surface area contributed by atoms with E-state index >= 15 is 0 Å². The van der Waals surface area contributed by atoms with Gasteiger partial charge in [0, 0.05) is 19.7 Å². The third kappa shape index (κ3) is 3.90. The fourth-order valence-electron chi connectivity index (χ4n) is 1.78. The number of rotatable bonds is 4. The van der Waals surface area contributed by atoms with Crippen molar-refractivity contribution in [1.82, 2.24) is 4.90 Å². The van der Waals surface area contributed by atoms with Gasteiger partial charge in [0.25, 0.3) is 5.91 Å². The van der Waals surface area contributed by atoms with Crippen LogP contribution in [0.15, 0.2) is 42.5 Å². The van der Waals surface area contributed by atoms with Gasteiger partial charge in [0.1, 0.15) is 6.61 Å². The molecule has 1 amide bonds. The van der Waals surface area contributed by atoms with E-state index in [-0.39, 0.29) is 5.91 Å². The Balaban J connectivity index is 2.06. The predicted molar refractivity (Wildman–Crippen MR) is 85.3 cm³/mol. The van der Waals surface area contributed by atoms with Crippen molar-refractivity contribution in [3.8, 4) is 5.75 Å². The molecule has 0 spiro atoms. The third-order valence-electron chi connectivity index (χ3n) is 2.91. The van der Waals surface area contributed by atoms with Gasteiger partial charge in [-0.05, 0) is 29.8 Å². The number of carbonyl (C=O) groups is 1. The number of halogens is 2. The van der Waals surface area contributed by atoms with Crippen molar-refractivity contribution >= 4 is 29.1 Å². The molecule has 0 saturated heterocycles. The lowest BCUT2D eigenvalue weighted by atomic mass is 10.1. The Bertz CT molecular complexity index is 619. The first-order valence-corrected chi connectivity index (χ1v) is 7.12. The number of amides is 1. The molecule has 2 rings (SSSR count). The maximum Gasteiger partial charge on any atom is 0.253 e. The van der Waals surface area contributed by atoms with Gasteiger partial charge in [0.15, 0.2) is 5.75 Å². The molecule has 0 heterocycles. The van der Waals surface area contributed by atoms with E-state index < -0.39 is 0 Å². The van der Waals surface area contributed by atoms with Crippen LogP contribution >= 0.6 is 23.2 Å². The topological polar surface area (TPSA) is 29.5 Å². The second kappa shape index (κ2) is 6.83. The van der Waals surface area contributed by atoms with Crippen LogP contribution in [0.2, 0.25) is 10.0 Å². The van der Waals surface area contributed by atoms with Gasteiger partial charge in [0.2, 0.25) is 0 Å². The van der Waals surface area contributed by atoms with Crippen molar-refractivity contribution in [2.24, 2.45) is 0 Å². The van der Waals surface area contributed by atoms with Gasteiger partial charge in [-0.3, -0.25) is 4.79 Å². The molecule has 21 heavy (non-hydrogen) atoms. The van der Waals surface area contributed by atoms with Crippen LogP contribution in [0.5, 0.6) is 5.75 Å². The summed E-state index contributed by atoms with van der Waals surface area (Å²) < 4.78 is 5.64. The van der Waals surface area contributed by atoms with Gasteiger partial charge in [-0.2, -0.15) is 0 Å². The van der Waals surface area contributed by atoms with Crippen molar-refractivity contribution in [1.29, 1.82) is 0 Å². The lowest BCUT2D eigenvalue weighted by Crippen LogP contribution is -2.21. The highest BCUT2D eigenvalue weighted by Gasteiger charge is 2.09. The minimum atomic E-state index is -0.0309. The second-order valence-corrected chi connectivity index (χ2v) is 5.55. The van der Waals surface area contributed by atoms with Crippen LogP contribution in [0.1, 0.15) is 15.9 Å². The quantitative estimate of drug-likeness (QED) is 0.840. The molecule has 3 nitrogen and oxygen atoms in total. The summed E-state index contributed by atoms with van der Waals surface area (Å²) in [5.41, 5.74) is 1.57. The van der Waals surface area contributed by atoms with Gasteiger partial charge in [-0.15, -0.1) is 0 Å². The molecule has 0 bridgehead atoms. The highest BCUT2D eigenvalue weighted by Crippen LogP contribution is 2.32. The Morgan fingerprint density at radius 1 is 1.05 bits per heavy atom.